The van der Waals surface area contributed by atoms with Crippen molar-refractivity contribution in [2.75, 3.05) is 31.5 Å². The third kappa shape index (κ3) is 6.04. The van der Waals surface area contributed by atoms with E-state index in [1.165, 1.54) is 18.4 Å². The predicted octanol–water partition coefficient (Wildman–Crippen LogP) is 2.42. The summed E-state index contributed by atoms with van der Waals surface area (Å²) in [6, 6.07) is 7.91. The highest BCUT2D eigenvalue weighted by molar-refractivity contribution is 5.92. The summed E-state index contributed by atoms with van der Waals surface area (Å²) in [5.74, 6) is 0.725. The van der Waals surface area contributed by atoms with Gasteiger partial charge in [-0.15, -0.1) is 12.4 Å². The van der Waals surface area contributed by atoms with Gasteiger partial charge in [0.1, 0.15) is 0 Å². The van der Waals surface area contributed by atoms with Crippen LogP contribution in [0.2, 0.25) is 0 Å². The van der Waals surface area contributed by atoms with Crippen LogP contribution in [0.5, 0.6) is 0 Å². The van der Waals surface area contributed by atoms with Crippen molar-refractivity contribution in [2.24, 2.45) is 11.7 Å². The number of nitrogens with two attached hydrogens (primary N) is 1. The smallest absolute Gasteiger partial charge is 0.238 e. The molecule has 0 radical (unpaired) electrons. The Hall–Kier alpha value is -1.10. The summed E-state index contributed by atoms with van der Waals surface area (Å²) in [5.41, 5.74) is 7.69. The molecule has 3 N–H and O–H groups in total. The second-order valence-electron chi connectivity index (χ2n) is 5.73. The molecule has 118 valence electrons. The van der Waals surface area contributed by atoms with Crippen LogP contribution in [0.1, 0.15) is 24.8 Å². The van der Waals surface area contributed by atoms with E-state index in [9.17, 15) is 4.79 Å². The fourth-order valence-electron chi connectivity index (χ4n) is 2.81. The Labute approximate surface area is 133 Å². The number of aryl methyl sites for hydroxylation is 1. The largest absolute Gasteiger partial charge is 0.330 e. The van der Waals surface area contributed by atoms with Gasteiger partial charge in [-0.3, -0.25) is 9.69 Å². The minimum Gasteiger partial charge on any atom is -0.330 e. The summed E-state index contributed by atoms with van der Waals surface area (Å²) in [6.45, 7) is 5.28. The molecule has 1 atom stereocenters. The summed E-state index contributed by atoms with van der Waals surface area (Å²) < 4.78 is 0. The molecule has 1 unspecified atom stereocenters. The molecule has 1 aliphatic heterocycles. The molecule has 1 aliphatic rings. The van der Waals surface area contributed by atoms with E-state index in [1.807, 2.05) is 31.2 Å². The van der Waals surface area contributed by atoms with E-state index >= 15 is 0 Å². The molecule has 1 aromatic carbocycles. The first kappa shape index (κ1) is 18.0. The molecule has 0 aromatic heterocycles. The quantitative estimate of drug-likeness (QED) is 0.878. The van der Waals surface area contributed by atoms with Gasteiger partial charge in [0.25, 0.3) is 0 Å². The highest BCUT2D eigenvalue weighted by atomic mass is 35.5. The van der Waals surface area contributed by atoms with Crippen molar-refractivity contribution in [2.45, 2.75) is 26.2 Å². The third-order valence-electron chi connectivity index (χ3n) is 3.88. The normalized spacial score (nSPS) is 18.9. The minimum absolute atomic E-state index is 0. The van der Waals surface area contributed by atoms with Gasteiger partial charge >= 0.3 is 0 Å². The van der Waals surface area contributed by atoms with Gasteiger partial charge in [-0.05, 0) is 57.3 Å². The van der Waals surface area contributed by atoms with Crippen molar-refractivity contribution in [1.29, 1.82) is 0 Å². The molecule has 1 amide bonds. The van der Waals surface area contributed by atoms with Gasteiger partial charge in [-0.25, -0.2) is 0 Å². The highest BCUT2D eigenvalue weighted by Crippen LogP contribution is 2.18. The maximum atomic E-state index is 12.1. The van der Waals surface area contributed by atoms with E-state index in [0.29, 0.717) is 12.5 Å². The maximum absolute atomic E-state index is 12.1. The average Bonchev–Trinajstić information content (AvgIpc) is 2.42. The van der Waals surface area contributed by atoms with E-state index in [2.05, 4.69) is 10.2 Å². The monoisotopic (exact) mass is 311 g/mol. The van der Waals surface area contributed by atoms with Crippen molar-refractivity contribution in [1.82, 2.24) is 4.90 Å². The number of carbonyl (C=O) groups is 1. The second-order valence-corrected chi connectivity index (χ2v) is 5.73. The number of anilines is 1. The predicted molar refractivity (Wildman–Crippen MR) is 89.9 cm³/mol. The summed E-state index contributed by atoms with van der Waals surface area (Å²) in [4.78, 5) is 14.3. The zero-order chi connectivity index (χ0) is 14.4. The molecule has 5 heteroatoms. The number of hydrogen-bond acceptors (Lipinski definition) is 3. The Bertz CT molecular complexity index is 434. The first-order valence-corrected chi connectivity index (χ1v) is 7.46. The zero-order valence-corrected chi connectivity index (χ0v) is 13.5. The standard InChI is InChI=1S/C16H25N3O.ClH/c1-13-4-6-15(7-5-13)18-16(20)12-19-10-2-3-14(11-19)8-9-17;/h4-7,14H,2-3,8-12,17H2,1H3,(H,18,20);1H. The van der Waals surface area contributed by atoms with Crippen LogP contribution in [0.15, 0.2) is 24.3 Å². The van der Waals surface area contributed by atoms with Gasteiger partial charge in [0.05, 0.1) is 6.54 Å². The molecule has 4 nitrogen and oxygen atoms in total. The van der Waals surface area contributed by atoms with Gasteiger partial charge in [-0.1, -0.05) is 17.7 Å². The van der Waals surface area contributed by atoms with Crippen LogP contribution in [0.3, 0.4) is 0 Å². The number of amides is 1. The lowest BCUT2D eigenvalue weighted by atomic mass is 9.95. The molecular weight excluding hydrogens is 286 g/mol. The lowest BCUT2D eigenvalue weighted by Crippen LogP contribution is -2.40. The van der Waals surface area contributed by atoms with Crippen molar-refractivity contribution in [3.63, 3.8) is 0 Å². The van der Waals surface area contributed by atoms with E-state index in [-0.39, 0.29) is 18.3 Å². The lowest BCUT2D eigenvalue weighted by Gasteiger charge is -2.32. The maximum Gasteiger partial charge on any atom is 0.238 e. The van der Waals surface area contributed by atoms with Gasteiger partial charge in [0.15, 0.2) is 0 Å². The molecule has 1 saturated heterocycles. The Morgan fingerprint density at radius 1 is 1.38 bits per heavy atom. The number of nitrogens with zero attached hydrogens (tertiary/aromatic N) is 1. The summed E-state index contributed by atoms with van der Waals surface area (Å²) >= 11 is 0. The van der Waals surface area contributed by atoms with Gasteiger partial charge in [0.2, 0.25) is 5.91 Å². The summed E-state index contributed by atoms with van der Waals surface area (Å²) in [5, 5.41) is 2.96. The second kappa shape index (κ2) is 9.03. The molecule has 0 bridgehead atoms. The highest BCUT2D eigenvalue weighted by Gasteiger charge is 2.20. The van der Waals surface area contributed by atoms with Crippen LogP contribution in [-0.2, 0) is 4.79 Å². The summed E-state index contributed by atoms with van der Waals surface area (Å²) in [6.07, 6.45) is 3.48. The molecule has 0 aliphatic carbocycles. The van der Waals surface area contributed by atoms with E-state index < -0.39 is 0 Å². The van der Waals surface area contributed by atoms with Gasteiger partial charge < -0.3 is 11.1 Å². The fraction of sp³-hybridized carbons (Fsp3) is 0.562. The van der Waals surface area contributed by atoms with Crippen molar-refractivity contribution < 1.29 is 4.79 Å². The summed E-state index contributed by atoms with van der Waals surface area (Å²) in [7, 11) is 0. The Balaban J connectivity index is 0.00000220. The Morgan fingerprint density at radius 2 is 2.10 bits per heavy atom. The van der Waals surface area contributed by atoms with E-state index in [4.69, 9.17) is 5.73 Å². The van der Waals surface area contributed by atoms with Crippen LogP contribution in [0.4, 0.5) is 5.69 Å². The molecule has 1 heterocycles. The van der Waals surface area contributed by atoms with Gasteiger partial charge in [-0.2, -0.15) is 0 Å². The van der Waals surface area contributed by atoms with Crippen LogP contribution in [0.25, 0.3) is 0 Å². The number of nitrogens with one attached hydrogen (secondary N) is 1. The van der Waals surface area contributed by atoms with Crippen LogP contribution in [0, 0.1) is 12.8 Å². The molecular formula is C16H26ClN3O. The molecule has 1 fully saturated rings. The number of rotatable bonds is 5. The zero-order valence-electron chi connectivity index (χ0n) is 12.7. The first-order chi connectivity index (χ1) is 9.67. The molecule has 1 aromatic rings. The number of carbonyl (C=O) groups excluding carboxylic acids is 1. The molecule has 21 heavy (non-hydrogen) atoms. The first-order valence-electron chi connectivity index (χ1n) is 7.46. The lowest BCUT2D eigenvalue weighted by molar-refractivity contribution is -0.117. The molecule has 0 spiro atoms. The van der Waals surface area contributed by atoms with Crippen molar-refractivity contribution in [3.8, 4) is 0 Å². The van der Waals surface area contributed by atoms with Crippen molar-refractivity contribution in [3.05, 3.63) is 29.8 Å². The topological polar surface area (TPSA) is 58.4 Å². The number of piperidine rings is 1. The van der Waals surface area contributed by atoms with Gasteiger partial charge in [0, 0.05) is 12.2 Å². The van der Waals surface area contributed by atoms with Crippen LogP contribution < -0.4 is 11.1 Å². The average molecular weight is 312 g/mol. The number of halogens is 1. The third-order valence-corrected chi connectivity index (χ3v) is 3.88. The van der Waals surface area contributed by atoms with Crippen LogP contribution >= 0.6 is 12.4 Å². The van der Waals surface area contributed by atoms with E-state index in [0.717, 1.165) is 31.7 Å². The molecule has 0 saturated carbocycles. The Morgan fingerprint density at radius 3 is 2.76 bits per heavy atom. The number of benzene rings is 1. The number of likely N-dealkylation sites (tertiary alicyclic amines) is 1. The van der Waals surface area contributed by atoms with Crippen molar-refractivity contribution >= 4 is 24.0 Å². The Kier molecular flexibility index (Phi) is 7.72. The van der Waals surface area contributed by atoms with Crippen LogP contribution in [-0.4, -0.2) is 37.0 Å². The number of hydrogen-bond donors (Lipinski definition) is 2. The minimum atomic E-state index is 0. The van der Waals surface area contributed by atoms with E-state index in [1.54, 1.807) is 0 Å². The molecule has 2 rings (SSSR count). The fourth-order valence-corrected chi connectivity index (χ4v) is 2.81. The SMILES string of the molecule is Cc1ccc(NC(=O)CN2CCCC(CCN)C2)cc1.Cl.